The Morgan fingerprint density at radius 3 is 2.47 bits per heavy atom. The highest BCUT2D eigenvalue weighted by molar-refractivity contribution is 6.10. The molecule has 2 amide bonds. The zero-order valence-corrected chi connectivity index (χ0v) is 17.2. The van der Waals surface area contributed by atoms with Crippen molar-refractivity contribution in [2.45, 2.75) is 6.92 Å². The maximum Gasteiger partial charge on any atom is 0.275 e. The van der Waals surface area contributed by atoms with Crippen molar-refractivity contribution in [1.29, 1.82) is 0 Å². The zero-order chi connectivity index (χ0) is 22.5. The van der Waals surface area contributed by atoms with Gasteiger partial charge in [0.1, 0.15) is 5.75 Å². The van der Waals surface area contributed by atoms with Crippen LogP contribution >= 0.6 is 0 Å². The Kier molecular flexibility index (Phi) is 5.89. The van der Waals surface area contributed by atoms with E-state index >= 15 is 0 Å². The van der Waals surface area contributed by atoms with Gasteiger partial charge in [-0.25, -0.2) is 5.43 Å². The Morgan fingerprint density at radius 1 is 0.875 bits per heavy atom. The molecular formula is C25H20N4O3. The first kappa shape index (κ1) is 20.7. The fourth-order valence-corrected chi connectivity index (χ4v) is 3.28. The molecule has 0 aliphatic rings. The number of phenolic OH excluding ortho intramolecular Hbond substituents is 1. The second-order valence-corrected chi connectivity index (χ2v) is 7.09. The van der Waals surface area contributed by atoms with Crippen LogP contribution in [0.3, 0.4) is 0 Å². The minimum absolute atomic E-state index is 0.116. The van der Waals surface area contributed by atoms with E-state index in [2.05, 4.69) is 20.8 Å². The van der Waals surface area contributed by atoms with E-state index in [4.69, 9.17) is 0 Å². The molecule has 0 unspecified atom stereocenters. The first-order chi connectivity index (χ1) is 15.5. The smallest absolute Gasteiger partial charge is 0.275 e. The predicted octanol–water partition coefficient (Wildman–Crippen LogP) is 4.35. The van der Waals surface area contributed by atoms with Crippen LogP contribution in [0, 0.1) is 0 Å². The van der Waals surface area contributed by atoms with Crippen molar-refractivity contribution in [3.05, 3.63) is 102 Å². The number of hydrazone groups is 1. The Bertz CT molecular complexity index is 1330. The molecule has 7 nitrogen and oxygen atoms in total. The van der Waals surface area contributed by atoms with Crippen LogP contribution in [-0.2, 0) is 0 Å². The van der Waals surface area contributed by atoms with E-state index in [1.165, 1.54) is 6.07 Å². The summed E-state index contributed by atoms with van der Waals surface area (Å²) in [5.41, 5.74) is 5.03. The number of pyridine rings is 1. The molecule has 7 heteroatoms. The third-order valence-electron chi connectivity index (χ3n) is 4.94. The average molecular weight is 424 g/mol. The number of aromatic nitrogens is 1. The van der Waals surface area contributed by atoms with Gasteiger partial charge in [-0.3, -0.25) is 14.6 Å². The summed E-state index contributed by atoms with van der Waals surface area (Å²) < 4.78 is 0. The molecule has 4 aromatic rings. The summed E-state index contributed by atoms with van der Waals surface area (Å²) in [6, 6.07) is 20.9. The molecule has 0 atom stereocenters. The summed E-state index contributed by atoms with van der Waals surface area (Å²) in [6.07, 6.45) is 3.11. The summed E-state index contributed by atoms with van der Waals surface area (Å²) in [6.45, 7) is 1.74. The van der Waals surface area contributed by atoms with Crippen molar-refractivity contribution in [2.24, 2.45) is 5.10 Å². The predicted molar refractivity (Wildman–Crippen MR) is 124 cm³/mol. The van der Waals surface area contributed by atoms with Crippen molar-refractivity contribution in [3.8, 4) is 5.75 Å². The number of hydrogen-bond donors (Lipinski definition) is 3. The highest BCUT2D eigenvalue weighted by Crippen LogP contribution is 2.27. The lowest BCUT2D eigenvalue weighted by molar-refractivity contribution is 0.0953. The fraction of sp³-hybridized carbons (Fsp3) is 0.0400. The van der Waals surface area contributed by atoms with E-state index in [1.807, 2.05) is 18.2 Å². The van der Waals surface area contributed by atoms with Crippen LogP contribution in [-0.4, -0.2) is 27.6 Å². The lowest BCUT2D eigenvalue weighted by Gasteiger charge is -2.09. The average Bonchev–Trinajstić information content (AvgIpc) is 2.83. The molecule has 0 aliphatic carbocycles. The monoisotopic (exact) mass is 424 g/mol. The number of aromatic hydroxyl groups is 1. The maximum atomic E-state index is 12.7. The quantitative estimate of drug-likeness (QED) is 0.327. The van der Waals surface area contributed by atoms with Crippen molar-refractivity contribution >= 4 is 34.0 Å². The Morgan fingerprint density at radius 2 is 1.66 bits per heavy atom. The summed E-state index contributed by atoms with van der Waals surface area (Å²) in [5, 5.41) is 18.7. The van der Waals surface area contributed by atoms with Crippen LogP contribution in [0.1, 0.15) is 33.2 Å². The van der Waals surface area contributed by atoms with Gasteiger partial charge in [0, 0.05) is 23.6 Å². The number of nitrogens with one attached hydrogen (secondary N) is 2. The van der Waals surface area contributed by atoms with E-state index in [0.717, 1.165) is 10.9 Å². The molecule has 0 fully saturated rings. The molecule has 0 saturated heterocycles. The topological polar surface area (TPSA) is 104 Å². The minimum atomic E-state index is -0.513. The van der Waals surface area contributed by atoms with Gasteiger partial charge in [-0.05, 0) is 53.6 Å². The SMILES string of the molecule is CC(=NNC(=O)c1c(O)ccc2ccccc12)c1cccc(NC(=O)c2ccncc2)c1. The van der Waals surface area contributed by atoms with Crippen molar-refractivity contribution in [3.63, 3.8) is 0 Å². The van der Waals surface area contributed by atoms with Gasteiger partial charge in [0.2, 0.25) is 0 Å². The van der Waals surface area contributed by atoms with Crippen LogP contribution in [0.2, 0.25) is 0 Å². The summed E-state index contributed by atoms with van der Waals surface area (Å²) in [7, 11) is 0. The van der Waals surface area contributed by atoms with Crippen molar-refractivity contribution in [1.82, 2.24) is 10.4 Å². The van der Waals surface area contributed by atoms with E-state index < -0.39 is 5.91 Å². The fourth-order valence-electron chi connectivity index (χ4n) is 3.28. The van der Waals surface area contributed by atoms with E-state index in [1.54, 1.807) is 67.8 Å². The van der Waals surface area contributed by atoms with Crippen LogP contribution in [0.4, 0.5) is 5.69 Å². The molecule has 0 aliphatic heterocycles. The molecule has 0 saturated carbocycles. The van der Waals surface area contributed by atoms with Gasteiger partial charge < -0.3 is 10.4 Å². The number of anilines is 1. The van der Waals surface area contributed by atoms with Crippen LogP contribution in [0.15, 0.2) is 90.3 Å². The maximum absolute atomic E-state index is 12.7. The van der Waals surface area contributed by atoms with Gasteiger partial charge in [-0.15, -0.1) is 0 Å². The number of rotatable bonds is 5. The van der Waals surface area contributed by atoms with E-state index in [0.29, 0.717) is 22.3 Å². The molecule has 3 aromatic carbocycles. The van der Waals surface area contributed by atoms with Gasteiger partial charge >= 0.3 is 0 Å². The Labute approximate surface area is 184 Å². The number of carbonyl (C=O) groups excluding carboxylic acids is 2. The molecule has 158 valence electrons. The van der Waals surface area contributed by atoms with E-state index in [-0.39, 0.29) is 17.2 Å². The highest BCUT2D eigenvalue weighted by Gasteiger charge is 2.15. The Balaban J connectivity index is 1.52. The molecule has 1 heterocycles. The highest BCUT2D eigenvalue weighted by atomic mass is 16.3. The number of hydrogen-bond acceptors (Lipinski definition) is 5. The van der Waals surface area contributed by atoms with Gasteiger partial charge in [-0.1, -0.05) is 42.5 Å². The zero-order valence-electron chi connectivity index (χ0n) is 17.2. The summed E-state index contributed by atoms with van der Waals surface area (Å²) >= 11 is 0. The number of amides is 2. The largest absolute Gasteiger partial charge is 0.507 e. The molecular weight excluding hydrogens is 404 g/mol. The second-order valence-electron chi connectivity index (χ2n) is 7.09. The second kappa shape index (κ2) is 9.09. The lowest BCUT2D eigenvalue weighted by Crippen LogP contribution is -2.20. The summed E-state index contributed by atoms with van der Waals surface area (Å²) in [5.74, 6) is -0.880. The normalized spacial score (nSPS) is 11.2. The first-order valence-corrected chi connectivity index (χ1v) is 9.90. The van der Waals surface area contributed by atoms with Crippen LogP contribution in [0.25, 0.3) is 10.8 Å². The minimum Gasteiger partial charge on any atom is -0.507 e. The van der Waals surface area contributed by atoms with Gasteiger partial charge in [-0.2, -0.15) is 5.10 Å². The molecule has 0 bridgehead atoms. The molecule has 0 spiro atoms. The van der Waals surface area contributed by atoms with Crippen LogP contribution < -0.4 is 10.7 Å². The van der Waals surface area contributed by atoms with Gasteiger partial charge in [0.05, 0.1) is 11.3 Å². The third-order valence-corrected chi connectivity index (χ3v) is 4.94. The number of benzene rings is 3. The number of carbonyl (C=O) groups is 2. The first-order valence-electron chi connectivity index (χ1n) is 9.90. The molecule has 0 radical (unpaired) electrons. The molecule has 32 heavy (non-hydrogen) atoms. The lowest BCUT2D eigenvalue weighted by atomic mass is 10.0. The molecule has 1 aromatic heterocycles. The van der Waals surface area contributed by atoms with Gasteiger partial charge in [0.15, 0.2) is 0 Å². The third kappa shape index (κ3) is 4.46. The molecule has 4 rings (SSSR count). The summed E-state index contributed by atoms with van der Waals surface area (Å²) in [4.78, 5) is 29.0. The Hall–Kier alpha value is -4.52. The van der Waals surface area contributed by atoms with E-state index in [9.17, 15) is 14.7 Å². The number of nitrogens with zero attached hydrogens (tertiary/aromatic N) is 2. The standard InChI is InChI=1S/C25H20N4O3/c1-16(19-6-4-7-20(15-19)27-24(31)18-11-13-26-14-12-18)28-29-25(32)23-21-8-3-2-5-17(21)9-10-22(23)30/h2-15,30H,1H3,(H,27,31)(H,29,32). The number of fused-ring (bicyclic) bond motifs is 1. The van der Waals surface area contributed by atoms with Crippen molar-refractivity contribution < 1.29 is 14.7 Å². The number of phenols is 1. The van der Waals surface area contributed by atoms with Gasteiger partial charge in [0.25, 0.3) is 11.8 Å². The van der Waals surface area contributed by atoms with Crippen molar-refractivity contribution in [2.75, 3.05) is 5.32 Å². The van der Waals surface area contributed by atoms with Crippen LogP contribution in [0.5, 0.6) is 5.75 Å². The molecule has 3 N–H and O–H groups in total.